The van der Waals surface area contributed by atoms with Crippen LogP contribution in [0, 0.1) is 23.2 Å². The van der Waals surface area contributed by atoms with Crippen molar-refractivity contribution < 1.29 is 9.90 Å². The van der Waals surface area contributed by atoms with Crippen molar-refractivity contribution in [3.05, 3.63) is 24.0 Å². The van der Waals surface area contributed by atoms with Crippen molar-refractivity contribution in [2.75, 3.05) is 0 Å². The standard InChI is InChI=1S/C17H23NO2/c19-16(20)15-2-1-4-18(15)5-3-17-9-12-6-13(10-17)8-14(7-12)11-17/h1-2,4,12-14H,3,5-11H2,(H,19,20). The Bertz CT molecular complexity index is 496. The van der Waals surface area contributed by atoms with Gasteiger partial charge in [0.2, 0.25) is 0 Å². The summed E-state index contributed by atoms with van der Waals surface area (Å²) in [4.78, 5) is 11.2. The van der Waals surface area contributed by atoms with Gasteiger partial charge < -0.3 is 9.67 Å². The molecular weight excluding hydrogens is 250 g/mol. The van der Waals surface area contributed by atoms with Gasteiger partial charge in [-0.25, -0.2) is 4.79 Å². The highest BCUT2D eigenvalue weighted by molar-refractivity contribution is 5.85. The molecule has 108 valence electrons. The first-order chi connectivity index (χ1) is 9.63. The van der Waals surface area contributed by atoms with Gasteiger partial charge >= 0.3 is 5.97 Å². The summed E-state index contributed by atoms with van der Waals surface area (Å²) in [5, 5.41) is 9.19. The monoisotopic (exact) mass is 273 g/mol. The Morgan fingerprint density at radius 1 is 1.20 bits per heavy atom. The molecule has 4 aliphatic rings. The third-order valence-corrected chi connectivity index (χ3v) is 6.10. The molecule has 1 aromatic rings. The van der Waals surface area contributed by atoms with E-state index >= 15 is 0 Å². The number of aryl methyl sites for hydroxylation is 1. The number of carboxylic acids is 1. The minimum atomic E-state index is -0.805. The second-order valence-corrected chi connectivity index (χ2v) is 7.56. The van der Waals surface area contributed by atoms with Crippen molar-refractivity contribution in [1.82, 2.24) is 4.57 Å². The molecule has 4 aliphatic carbocycles. The zero-order chi connectivity index (χ0) is 13.7. The number of aromatic nitrogens is 1. The van der Waals surface area contributed by atoms with Gasteiger partial charge in [0.05, 0.1) is 0 Å². The van der Waals surface area contributed by atoms with Crippen LogP contribution in [-0.2, 0) is 6.54 Å². The summed E-state index contributed by atoms with van der Waals surface area (Å²) in [7, 11) is 0. The van der Waals surface area contributed by atoms with Gasteiger partial charge in [0.25, 0.3) is 0 Å². The second-order valence-electron chi connectivity index (χ2n) is 7.56. The fraction of sp³-hybridized carbons (Fsp3) is 0.706. The van der Waals surface area contributed by atoms with Crippen LogP contribution in [0.2, 0.25) is 0 Å². The van der Waals surface area contributed by atoms with Crippen LogP contribution in [0.15, 0.2) is 18.3 Å². The van der Waals surface area contributed by atoms with Crippen LogP contribution in [-0.4, -0.2) is 15.6 Å². The first-order valence-corrected chi connectivity index (χ1v) is 8.02. The molecule has 4 bridgehead atoms. The van der Waals surface area contributed by atoms with Crippen molar-refractivity contribution >= 4 is 5.97 Å². The number of hydrogen-bond acceptors (Lipinski definition) is 1. The first-order valence-electron chi connectivity index (χ1n) is 8.02. The Kier molecular flexibility index (Phi) is 2.73. The second kappa shape index (κ2) is 4.37. The van der Waals surface area contributed by atoms with Gasteiger partial charge in [-0.2, -0.15) is 0 Å². The molecule has 0 saturated heterocycles. The maximum atomic E-state index is 11.2. The predicted octanol–water partition coefficient (Wildman–Crippen LogP) is 3.79. The van der Waals surface area contributed by atoms with Crippen LogP contribution in [0.3, 0.4) is 0 Å². The number of carbonyl (C=O) groups is 1. The van der Waals surface area contributed by atoms with E-state index in [0.29, 0.717) is 11.1 Å². The summed E-state index contributed by atoms with van der Waals surface area (Å²) in [5.41, 5.74) is 0.976. The van der Waals surface area contributed by atoms with Crippen LogP contribution >= 0.6 is 0 Å². The van der Waals surface area contributed by atoms with E-state index in [2.05, 4.69) is 0 Å². The SMILES string of the molecule is O=C(O)c1cccn1CCC12CC3CC(CC(C3)C1)C2. The van der Waals surface area contributed by atoms with Crippen molar-refractivity contribution in [1.29, 1.82) is 0 Å². The topological polar surface area (TPSA) is 42.2 Å². The maximum absolute atomic E-state index is 11.2. The molecule has 0 unspecified atom stereocenters. The van der Waals surface area contributed by atoms with E-state index in [-0.39, 0.29) is 0 Å². The molecule has 5 rings (SSSR count). The average Bonchev–Trinajstić information content (AvgIpc) is 2.83. The Balaban J connectivity index is 1.49. The van der Waals surface area contributed by atoms with Gasteiger partial charge in [0.15, 0.2) is 0 Å². The molecule has 20 heavy (non-hydrogen) atoms. The van der Waals surface area contributed by atoms with Crippen LogP contribution in [0.1, 0.15) is 55.4 Å². The van der Waals surface area contributed by atoms with Crippen molar-refractivity contribution in [3.63, 3.8) is 0 Å². The Morgan fingerprint density at radius 2 is 1.80 bits per heavy atom. The first kappa shape index (κ1) is 12.5. The number of hydrogen-bond donors (Lipinski definition) is 1. The number of nitrogens with zero attached hydrogens (tertiary/aromatic N) is 1. The zero-order valence-electron chi connectivity index (χ0n) is 11.9. The lowest BCUT2D eigenvalue weighted by Gasteiger charge is -2.57. The minimum absolute atomic E-state index is 0.440. The number of carboxylic acid groups (broad SMARTS) is 1. The van der Waals surface area contributed by atoms with E-state index in [1.54, 1.807) is 6.07 Å². The Hall–Kier alpha value is -1.25. The van der Waals surface area contributed by atoms with Gasteiger partial charge in [0.1, 0.15) is 5.69 Å². The average molecular weight is 273 g/mol. The van der Waals surface area contributed by atoms with E-state index in [1.165, 1.54) is 44.9 Å². The molecule has 3 nitrogen and oxygen atoms in total. The highest BCUT2D eigenvalue weighted by atomic mass is 16.4. The summed E-state index contributed by atoms with van der Waals surface area (Å²) >= 11 is 0. The quantitative estimate of drug-likeness (QED) is 0.906. The van der Waals surface area contributed by atoms with Crippen LogP contribution in [0.4, 0.5) is 0 Å². The van der Waals surface area contributed by atoms with Gasteiger partial charge in [-0.3, -0.25) is 0 Å². The van der Waals surface area contributed by atoms with Crippen LogP contribution in [0.25, 0.3) is 0 Å². The van der Waals surface area contributed by atoms with Crippen LogP contribution < -0.4 is 0 Å². The molecule has 3 heteroatoms. The number of rotatable bonds is 4. The zero-order valence-corrected chi connectivity index (χ0v) is 11.9. The molecule has 0 aromatic carbocycles. The molecule has 0 amide bonds. The highest BCUT2D eigenvalue weighted by Gasteiger charge is 2.50. The van der Waals surface area contributed by atoms with E-state index in [1.807, 2.05) is 16.8 Å². The third kappa shape index (κ3) is 1.99. The molecule has 1 heterocycles. The van der Waals surface area contributed by atoms with Crippen molar-refractivity contribution in [2.45, 2.75) is 51.5 Å². The highest BCUT2D eigenvalue weighted by Crippen LogP contribution is 2.61. The third-order valence-electron chi connectivity index (χ3n) is 6.10. The molecule has 0 aliphatic heterocycles. The summed E-state index contributed by atoms with van der Waals surface area (Å²) < 4.78 is 1.93. The molecule has 1 aromatic heterocycles. The van der Waals surface area contributed by atoms with E-state index in [4.69, 9.17) is 0 Å². The molecule has 4 fully saturated rings. The fourth-order valence-corrected chi connectivity index (χ4v) is 5.76. The number of aromatic carboxylic acids is 1. The fourth-order valence-electron chi connectivity index (χ4n) is 5.76. The van der Waals surface area contributed by atoms with E-state index < -0.39 is 5.97 Å². The molecule has 0 spiro atoms. The molecule has 1 N–H and O–H groups in total. The lowest BCUT2D eigenvalue weighted by molar-refractivity contribution is -0.0592. The summed E-state index contributed by atoms with van der Waals surface area (Å²) in [6, 6.07) is 3.56. The summed E-state index contributed by atoms with van der Waals surface area (Å²) in [6.45, 7) is 0.876. The van der Waals surface area contributed by atoms with Crippen molar-refractivity contribution in [3.8, 4) is 0 Å². The molecule has 0 radical (unpaired) electrons. The molecule has 4 saturated carbocycles. The predicted molar refractivity (Wildman–Crippen MR) is 76.6 cm³/mol. The summed E-state index contributed by atoms with van der Waals surface area (Å²) in [5.74, 6) is 2.13. The van der Waals surface area contributed by atoms with E-state index in [0.717, 1.165) is 24.3 Å². The minimum Gasteiger partial charge on any atom is -0.477 e. The largest absolute Gasteiger partial charge is 0.477 e. The lowest BCUT2D eigenvalue weighted by Crippen LogP contribution is -2.46. The van der Waals surface area contributed by atoms with Gasteiger partial charge in [-0.1, -0.05) is 0 Å². The Labute approximate surface area is 120 Å². The normalized spacial score (nSPS) is 38.3. The van der Waals surface area contributed by atoms with Gasteiger partial charge in [0, 0.05) is 12.7 Å². The van der Waals surface area contributed by atoms with Crippen LogP contribution in [0.5, 0.6) is 0 Å². The van der Waals surface area contributed by atoms with E-state index in [9.17, 15) is 9.90 Å². The lowest BCUT2D eigenvalue weighted by atomic mass is 9.49. The summed E-state index contributed by atoms with van der Waals surface area (Å²) in [6.07, 6.45) is 11.7. The van der Waals surface area contributed by atoms with Gasteiger partial charge in [-0.15, -0.1) is 0 Å². The molecule has 0 atom stereocenters. The Morgan fingerprint density at radius 3 is 2.35 bits per heavy atom. The smallest absolute Gasteiger partial charge is 0.352 e. The van der Waals surface area contributed by atoms with Gasteiger partial charge in [-0.05, 0) is 80.2 Å². The van der Waals surface area contributed by atoms with Crippen molar-refractivity contribution in [2.24, 2.45) is 23.2 Å². The molecular formula is C17H23NO2. The maximum Gasteiger partial charge on any atom is 0.352 e.